The highest BCUT2D eigenvalue weighted by atomic mass is 33.1. The maximum absolute atomic E-state index is 13.8. The number of halogens is 2. The van der Waals surface area contributed by atoms with E-state index in [9.17, 15) is 8.78 Å². The van der Waals surface area contributed by atoms with Gasteiger partial charge in [0.05, 0.1) is 11.4 Å². The third kappa shape index (κ3) is 6.99. The molecule has 0 amide bonds. The van der Waals surface area contributed by atoms with Gasteiger partial charge in [0.1, 0.15) is 11.6 Å². The molecule has 0 aliphatic rings. The van der Waals surface area contributed by atoms with Gasteiger partial charge in [-0.3, -0.25) is 0 Å². The molecule has 0 saturated carbocycles. The Morgan fingerprint density at radius 3 is 1.36 bits per heavy atom. The van der Waals surface area contributed by atoms with Crippen molar-refractivity contribution in [1.82, 2.24) is 29.9 Å². The van der Waals surface area contributed by atoms with Gasteiger partial charge in [-0.25, -0.2) is 8.78 Å². The molecule has 0 fully saturated rings. The molecule has 0 radical (unpaired) electrons. The zero-order chi connectivity index (χ0) is 30.5. The molecule has 44 heavy (non-hydrogen) atoms. The molecule has 0 aliphatic carbocycles. The van der Waals surface area contributed by atoms with E-state index < -0.39 is 11.6 Å². The maximum Gasteiger partial charge on any atom is 0.232 e. The number of hydrogen-bond acceptors (Lipinski definition) is 12. The highest BCUT2D eigenvalue weighted by Gasteiger charge is 2.13. The molecule has 0 aliphatic heterocycles. The van der Waals surface area contributed by atoms with E-state index in [1.54, 1.807) is 24.3 Å². The Bertz CT molecular complexity index is 1820. The van der Waals surface area contributed by atoms with Gasteiger partial charge in [-0.1, -0.05) is 70.1 Å². The van der Waals surface area contributed by atoms with Crippen LogP contribution in [0.25, 0.3) is 22.8 Å². The van der Waals surface area contributed by atoms with E-state index in [2.05, 4.69) is 40.5 Å². The van der Waals surface area contributed by atoms with Gasteiger partial charge >= 0.3 is 0 Å². The summed E-state index contributed by atoms with van der Waals surface area (Å²) in [7, 11) is 3.00. The first-order valence-electron chi connectivity index (χ1n) is 13.0. The molecule has 14 heteroatoms. The number of nitrogens with zero attached hydrogens (tertiary/aromatic N) is 6. The Balaban J connectivity index is 1.21. The van der Waals surface area contributed by atoms with Crippen LogP contribution in [0.5, 0.6) is 0 Å². The summed E-state index contributed by atoms with van der Waals surface area (Å²) in [4.78, 5) is 27.4. The van der Waals surface area contributed by atoms with Crippen LogP contribution in [0.1, 0.15) is 0 Å². The summed E-state index contributed by atoms with van der Waals surface area (Å²) >= 11 is 0. The number of benzene rings is 4. The minimum atomic E-state index is -0.407. The van der Waals surface area contributed by atoms with Crippen molar-refractivity contribution in [3.8, 4) is 22.8 Å². The average Bonchev–Trinajstić information content (AvgIpc) is 3.01. The van der Waals surface area contributed by atoms with Crippen molar-refractivity contribution in [2.24, 2.45) is 0 Å². The zero-order valence-electron chi connectivity index (χ0n) is 22.6. The van der Waals surface area contributed by atoms with Crippen molar-refractivity contribution < 1.29 is 8.78 Å². The number of para-hydroxylation sites is 2. The Labute approximate surface area is 258 Å². The third-order valence-electron chi connectivity index (χ3n) is 5.96. The Morgan fingerprint density at radius 1 is 0.500 bits per heavy atom. The number of hydrogen-bond donors (Lipinski definition) is 4. The summed E-state index contributed by atoms with van der Waals surface area (Å²) < 4.78 is 27.6. The smallest absolute Gasteiger partial charge is 0.232 e. The average molecular weight is 625 g/mol. The molecule has 6 aromatic rings. The highest BCUT2D eigenvalue weighted by Crippen LogP contribution is 2.44. The second-order valence-electron chi connectivity index (χ2n) is 9.11. The van der Waals surface area contributed by atoms with Crippen molar-refractivity contribution in [2.45, 2.75) is 9.79 Å². The topological polar surface area (TPSA) is 153 Å². The van der Waals surface area contributed by atoms with Gasteiger partial charge in [0.15, 0.2) is 11.6 Å². The van der Waals surface area contributed by atoms with Crippen molar-refractivity contribution >= 4 is 56.8 Å². The van der Waals surface area contributed by atoms with Gasteiger partial charge in [-0.15, -0.1) is 0 Å². The van der Waals surface area contributed by atoms with Crippen LogP contribution in [-0.4, -0.2) is 29.9 Å². The van der Waals surface area contributed by atoms with Gasteiger partial charge in [-0.2, -0.15) is 29.9 Å². The first-order valence-corrected chi connectivity index (χ1v) is 15.2. The molecule has 6 N–H and O–H groups in total. The van der Waals surface area contributed by atoms with E-state index in [1.807, 2.05) is 48.5 Å². The van der Waals surface area contributed by atoms with E-state index >= 15 is 0 Å². The summed E-state index contributed by atoms with van der Waals surface area (Å²) in [6.07, 6.45) is 0. The summed E-state index contributed by atoms with van der Waals surface area (Å²) in [5, 5.41) is 6.42. The lowest BCUT2D eigenvalue weighted by atomic mass is 10.2. The summed E-state index contributed by atoms with van der Waals surface area (Å²) in [6, 6.07) is 27.2. The predicted molar refractivity (Wildman–Crippen MR) is 170 cm³/mol. The van der Waals surface area contributed by atoms with Crippen molar-refractivity contribution in [1.29, 1.82) is 0 Å². The van der Waals surface area contributed by atoms with E-state index in [4.69, 9.17) is 11.5 Å². The van der Waals surface area contributed by atoms with Crippen molar-refractivity contribution in [3.05, 3.63) is 109 Å². The minimum absolute atomic E-state index is 0.000737. The fourth-order valence-electron chi connectivity index (χ4n) is 4.03. The number of nitrogen functional groups attached to an aromatic ring is 2. The SMILES string of the molecule is Nc1nc(Nc2ccccc2SSc2ccccc2Nc2nc(N)nc(-c3cccc(F)c3)n2)nc(-c2cccc(F)c2)n1. The normalized spacial score (nSPS) is 10.9. The van der Waals surface area contributed by atoms with Gasteiger partial charge in [0, 0.05) is 20.9 Å². The summed E-state index contributed by atoms with van der Waals surface area (Å²) in [5.74, 6) is 0.126. The fraction of sp³-hybridized carbons (Fsp3) is 0. The largest absolute Gasteiger partial charge is 0.368 e. The van der Waals surface area contributed by atoms with Crippen LogP contribution in [0, 0.1) is 11.6 Å². The van der Waals surface area contributed by atoms with Gasteiger partial charge in [0.25, 0.3) is 0 Å². The van der Waals surface area contributed by atoms with Gasteiger partial charge in [0.2, 0.25) is 23.8 Å². The molecule has 0 atom stereocenters. The number of nitrogens with two attached hydrogens (primary N) is 2. The van der Waals surface area contributed by atoms with Crippen molar-refractivity contribution in [2.75, 3.05) is 22.1 Å². The molecule has 4 aromatic carbocycles. The molecular formula is C30H22F2N10S2. The molecular weight excluding hydrogens is 603 g/mol. The Kier molecular flexibility index (Phi) is 8.43. The van der Waals surface area contributed by atoms with E-state index in [1.165, 1.54) is 45.9 Å². The predicted octanol–water partition coefficient (Wildman–Crippen LogP) is 7.12. The van der Waals surface area contributed by atoms with E-state index in [0.29, 0.717) is 11.1 Å². The lowest BCUT2D eigenvalue weighted by molar-refractivity contribution is 0.627. The number of aromatic nitrogens is 6. The molecule has 0 spiro atoms. The Hall–Kier alpha value is -5.34. The first kappa shape index (κ1) is 28.8. The standard InChI is InChI=1S/C30H22F2N10S2/c31-19-9-5-7-17(15-19)25-37-27(33)41-29(39-25)35-21-11-1-3-13-23(21)43-44-24-14-4-2-12-22(24)36-30-40-26(38-28(34)42-30)18-8-6-10-20(32)16-18/h1-16H,(H3,33,35,37,39,41)(H3,34,36,38,40,42). The van der Waals surface area contributed by atoms with E-state index in [-0.39, 0.29) is 35.4 Å². The molecule has 0 saturated heterocycles. The minimum Gasteiger partial charge on any atom is -0.368 e. The lowest BCUT2D eigenvalue weighted by Crippen LogP contribution is -2.05. The molecule has 2 aromatic heterocycles. The maximum atomic E-state index is 13.8. The number of nitrogens with one attached hydrogen (secondary N) is 2. The summed E-state index contributed by atoms with van der Waals surface area (Å²) in [5.41, 5.74) is 14.3. The van der Waals surface area contributed by atoms with Crippen LogP contribution in [0.4, 0.5) is 43.9 Å². The number of rotatable bonds is 9. The zero-order valence-corrected chi connectivity index (χ0v) is 24.3. The van der Waals surface area contributed by atoms with Crippen LogP contribution in [0.15, 0.2) is 107 Å². The Morgan fingerprint density at radius 2 is 0.932 bits per heavy atom. The molecule has 0 bridgehead atoms. The lowest BCUT2D eigenvalue weighted by Gasteiger charge is -2.13. The van der Waals surface area contributed by atoms with Crippen molar-refractivity contribution in [3.63, 3.8) is 0 Å². The second-order valence-corrected chi connectivity index (χ2v) is 11.3. The quantitative estimate of drug-likeness (QED) is 0.121. The molecule has 6 rings (SSSR count). The third-order valence-corrected chi connectivity index (χ3v) is 8.44. The van der Waals surface area contributed by atoms with Crippen LogP contribution >= 0.6 is 21.6 Å². The van der Waals surface area contributed by atoms with Gasteiger partial charge < -0.3 is 22.1 Å². The van der Waals surface area contributed by atoms with Crippen LogP contribution < -0.4 is 22.1 Å². The molecule has 0 unspecified atom stereocenters. The van der Waals surface area contributed by atoms with Crippen LogP contribution in [0.3, 0.4) is 0 Å². The summed E-state index contributed by atoms with van der Waals surface area (Å²) in [6.45, 7) is 0. The first-order chi connectivity index (χ1) is 21.4. The molecule has 218 valence electrons. The second kappa shape index (κ2) is 12.9. The van der Waals surface area contributed by atoms with E-state index in [0.717, 1.165) is 21.2 Å². The fourth-order valence-corrected chi connectivity index (χ4v) is 6.30. The molecule has 10 nitrogen and oxygen atoms in total. The monoisotopic (exact) mass is 624 g/mol. The van der Waals surface area contributed by atoms with Crippen LogP contribution in [0.2, 0.25) is 0 Å². The van der Waals surface area contributed by atoms with Crippen LogP contribution in [-0.2, 0) is 0 Å². The van der Waals surface area contributed by atoms with Gasteiger partial charge in [-0.05, 0) is 48.5 Å². The number of anilines is 6. The highest BCUT2D eigenvalue weighted by molar-refractivity contribution is 8.76. The molecule has 2 heterocycles.